The van der Waals surface area contributed by atoms with Gasteiger partial charge in [0.2, 0.25) is 0 Å². The molecule has 1 heterocycles. The predicted octanol–water partition coefficient (Wildman–Crippen LogP) is -2.51. The molecule has 0 unspecified atom stereocenters. The molecule has 15 heavy (non-hydrogen) atoms. The van der Waals surface area contributed by atoms with Gasteiger partial charge in [0.05, 0.1) is 0 Å². The fraction of sp³-hybridized carbons (Fsp3) is 1.00. The Labute approximate surface area is 102 Å². The van der Waals surface area contributed by atoms with Gasteiger partial charge in [-0.25, -0.2) is 0 Å². The normalized spacial score (nSPS) is 31.4. The van der Waals surface area contributed by atoms with Gasteiger partial charge >= 0.3 is 9.28 Å². The van der Waals surface area contributed by atoms with Crippen LogP contribution in [0.2, 0.25) is 6.04 Å². The van der Waals surface area contributed by atoms with Crippen LogP contribution in [0, 0.1) is 0 Å². The lowest BCUT2D eigenvalue weighted by Gasteiger charge is -2.19. The molecule has 90 valence electrons. The van der Waals surface area contributed by atoms with Gasteiger partial charge in [0.25, 0.3) is 40.0 Å². The summed E-state index contributed by atoms with van der Waals surface area (Å²) in [5.41, 5.74) is 0. The molecule has 0 aliphatic carbocycles. The van der Waals surface area contributed by atoms with E-state index in [2.05, 4.69) is 6.92 Å². The highest BCUT2D eigenvalue weighted by Crippen LogP contribution is 2.06. The quantitative estimate of drug-likeness (QED) is 0.424. The minimum absolute atomic E-state index is 0.770. The standard InChI is InChI=1S/C5H20O5Si5/c1-2-3-4-5-15-9-13-7-11-6-12-8-14-10-15/h15H,2-5,11-14H2,1H3. The van der Waals surface area contributed by atoms with Gasteiger partial charge in [-0.05, 0) is 6.04 Å². The maximum Gasteiger partial charge on any atom is 0.303 e. The van der Waals surface area contributed by atoms with E-state index in [4.69, 9.17) is 20.6 Å². The van der Waals surface area contributed by atoms with Crippen LogP contribution < -0.4 is 0 Å². The van der Waals surface area contributed by atoms with Crippen molar-refractivity contribution in [3.05, 3.63) is 0 Å². The van der Waals surface area contributed by atoms with Crippen LogP contribution in [0.4, 0.5) is 0 Å². The largest absolute Gasteiger partial charge is 0.425 e. The number of unbranched alkanes of at least 4 members (excludes halogenated alkanes) is 2. The van der Waals surface area contributed by atoms with Gasteiger partial charge in [0.15, 0.2) is 0 Å². The van der Waals surface area contributed by atoms with E-state index in [1.165, 1.54) is 19.3 Å². The predicted molar refractivity (Wildman–Crippen MR) is 71.1 cm³/mol. The van der Waals surface area contributed by atoms with E-state index in [0.29, 0.717) is 0 Å². The molecule has 0 spiro atoms. The molecule has 0 aromatic carbocycles. The third kappa shape index (κ3) is 7.73. The van der Waals surface area contributed by atoms with Gasteiger partial charge in [-0.2, -0.15) is 0 Å². The van der Waals surface area contributed by atoms with E-state index in [-0.39, 0.29) is 0 Å². The van der Waals surface area contributed by atoms with Crippen molar-refractivity contribution < 1.29 is 20.6 Å². The molecule has 0 atom stereocenters. The smallest absolute Gasteiger partial charge is 0.303 e. The zero-order valence-electron chi connectivity index (χ0n) is 9.28. The number of hydrogen-bond acceptors (Lipinski definition) is 5. The second-order valence-corrected chi connectivity index (χ2v) is 13.3. The summed E-state index contributed by atoms with van der Waals surface area (Å²) in [6.45, 7) is 2.21. The van der Waals surface area contributed by atoms with Crippen molar-refractivity contribution in [2.45, 2.75) is 32.2 Å². The Kier molecular flexibility index (Phi) is 9.36. The molecule has 0 aromatic heterocycles. The van der Waals surface area contributed by atoms with Gasteiger partial charge < -0.3 is 20.6 Å². The lowest BCUT2D eigenvalue weighted by molar-refractivity contribution is 0.330. The van der Waals surface area contributed by atoms with Crippen LogP contribution in [0.1, 0.15) is 26.2 Å². The Morgan fingerprint density at radius 2 is 1.47 bits per heavy atom. The van der Waals surface area contributed by atoms with Crippen molar-refractivity contribution >= 4 is 49.3 Å². The van der Waals surface area contributed by atoms with Crippen molar-refractivity contribution in [3.63, 3.8) is 0 Å². The Balaban J connectivity index is 2.13. The first-order chi connectivity index (χ1) is 7.43. The van der Waals surface area contributed by atoms with Crippen molar-refractivity contribution in [2.24, 2.45) is 0 Å². The summed E-state index contributed by atoms with van der Waals surface area (Å²) in [6, 6.07) is 1.12. The van der Waals surface area contributed by atoms with Crippen molar-refractivity contribution in [3.8, 4) is 0 Å². The molecule has 0 amide bonds. The second-order valence-electron chi connectivity index (χ2n) is 3.34. The summed E-state index contributed by atoms with van der Waals surface area (Å²) in [5.74, 6) is 0. The van der Waals surface area contributed by atoms with E-state index >= 15 is 0 Å². The topological polar surface area (TPSA) is 46.2 Å². The molecule has 0 aromatic rings. The van der Waals surface area contributed by atoms with Crippen LogP contribution >= 0.6 is 0 Å². The highest BCUT2D eigenvalue weighted by atomic mass is 28.4. The third-order valence-corrected chi connectivity index (χ3v) is 11.0. The third-order valence-electron chi connectivity index (χ3n) is 2.05. The second kappa shape index (κ2) is 10.1. The van der Waals surface area contributed by atoms with Gasteiger partial charge in [-0.15, -0.1) is 0 Å². The Morgan fingerprint density at radius 1 is 0.867 bits per heavy atom. The van der Waals surface area contributed by atoms with Crippen molar-refractivity contribution in [1.29, 1.82) is 0 Å². The summed E-state index contributed by atoms with van der Waals surface area (Å²) in [5, 5.41) is 0. The lowest BCUT2D eigenvalue weighted by Crippen LogP contribution is -2.32. The van der Waals surface area contributed by atoms with E-state index in [9.17, 15) is 0 Å². The molecule has 0 bridgehead atoms. The van der Waals surface area contributed by atoms with E-state index in [1.54, 1.807) is 0 Å². The van der Waals surface area contributed by atoms with E-state index < -0.39 is 49.3 Å². The fourth-order valence-electron chi connectivity index (χ4n) is 1.24. The van der Waals surface area contributed by atoms with E-state index in [0.717, 1.165) is 6.04 Å². The monoisotopic (exact) mass is 300 g/mol. The zero-order chi connectivity index (χ0) is 10.8. The molecule has 0 saturated carbocycles. The lowest BCUT2D eigenvalue weighted by atomic mass is 10.3. The van der Waals surface area contributed by atoms with Crippen molar-refractivity contribution in [1.82, 2.24) is 0 Å². The summed E-state index contributed by atoms with van der Waals surface area (Å²) in [4.78, 5) is 0. The maximum atomic E-state index is 5.72. The first-order valence-electron chi connectivity index (χ1n) is 5.40. The van der Waals surface area contributed by atoms with Gasteiger partial charge in [-0.1, -0.05) is 26.2 Å². The Bertz CT molecular complexity index is 139. The van der Waals surface area contributed by atoms with Crippen LogP contribution in [0.5, 0.6) is 0 Å². The molecule has 1 rings (SSSR count). The van der Waals surface area contributed by atoms with Crippen LogP contribution in [0.3, 0.4) is 0 Å². The Hall–Kier alpha value is 0.884. The van der Waals surface area contributed by atoms with Crippen LogP contribution in [-0.2, 0) is 20.6 Å². The van der Waals surface area contributed by atoms with Crippen molar-refractivity contribution in [2.75, 3.05) is 0 Å². The SMILES string of the molecule is CCCCC[SiH]1O[SiH2]O[SiH2]O[SiH2]O[SiH2]O1. The molecule has 0 N–H and O–H groups in total. The zero-order valence-corrected chi connectivity index (χ0v) is 16.1. The molecule has 1 aliphatic heterocycles. The van der Waals surface area contributed by atoms with Gasteiger partial charge in [0.1, 0.15) is 0 Å². The number of rotatable bonds is 4. The summed E-state index contributed by atoms with van der Waals surface area (Å²) < 4.78 is 27.6. The average molecular weight is 301 g/mol. The molecule has 0 radical (unpaired) electrons. The summed E-state index contributed by atoms with van der Waals surface area (Å²) in [7, 11) is -4.57. The van der Waals surface area contributed by atoms with Gasteiger partial charge in [-0.3, -0.25) is 0 Å². The molecule has 10 heteroatoms. The molecular formula is C5H20O5Si5. The van der Waals surface area contributed by atoms with Crippen LogP contribution in [0.25, 0.3) is 0 Å². The molecular weight excluding hydrogens is 280 g/mol. The Morgan fingerprint density at radius 3 is 2.07 bits per heavy atom. The molecule has 1 fully saturated rings. The van der Waals surface area contributed by atoms with Crippen LogP contribution in [0.15, 0.2) is 0 Å². The fourth-order valence-corrected chi connectivity index (χ4v) is 12.0. The summed E-state index contributed by atoms with van der Waals surface area (Å²) >= 11 is 0. The molecule has 1 saturated heterocycles. The number of hydrogen-bond donors (Lipinski definition) is 0. The highest BCUT2D eigenvalue weighted by molar-refractivity contribution is 6.59. The average Bonchev–Trinajstić information content (AvgIpc) is 2.27. The first kappa shape index (κ1) is 13.9. The maximum absolute atomic E-state index is 5.72. The van der Waals surface area contributed by atoms with E-state index in [1.807, 2.05) is 0 Å². The van der Waals surface area contributed by atoms with Gasteiger partial charge in [0, 0.05) is 0 Å². The minimum atomic E-state index is -1.42. The highest BCUT2D eigenvalue weighted by Gasteiger charge is 2.14. The molecule has 1 aliphatic rings. The first-order valence-corrected chi connectivity index (χ1v) is 11.8. The minimum Gasteiger partial charge on any atom is -0.425 e. The summed E-state index contributed by atoms with van der Waals surface area (Å²) in [6.07, 6.45) is 3.74. The van der Waals surface area contributed by atoms with Crippen LogP contribution in [-0.4, -0.2) is 49.3 Å². The molecule has 5 nitrogen and oxygen atoms in total.